The van der Waals surface area contributed by atoms with Gasteiger partial charge >= 0.3 is 0 Å². The lowest BCUT2D eigenvalue weighted by Crippen LogP contribution is -1.99. The molecule has 4 nitrogen and oxygen atoms in total. The Morgan fingerprint density at radius 1 is 0.600 bits per heavy atom. The molecule has 0 unspecified atom stereocenters. The average Bonchev–Trinajstić information content (AvgIpc) is 3.83. The summed E-state index contributed by atoms with van der Waals surface area (Å²) in [4.78, 5) is 10.4. The molecule has 0 aliphatic heterocycles. The first-order valence-corrected chi connectivity index (χ1v) is 19.1. The fourth-order valence-electron chi connectivity index (χ4n) is 7.34. The monoisotopic (exact) mass is 714 g/mol. The molecule has 0 aliphatic carbocycles. The van der Waals surface area contributed by atoms with E-state index in [0.29, 0.717) is 5.82 Å². The lowest BCUT2D eigenvalue weighted by atomic mass is 9.99. The number of hydrogen-bond donors (Lipinski definition) is 0. The van der Waals surface area contributed by atoms with E-state index in [9.17, 15) is 0 Å². The van der Waals surface area contributed by atoms with Crippen LogP contribution in [0.15, 0.2) is 183 Å². The zero-order valence-corrected chi connectivity index (χ0v) is 32.2. The van der Waals surface area contributed by atoms with Crippen molar-refractivity contribution in [3.05, 3.63) is 188 Å². The minimum atomic E-state index is 0.698. The SMILES string of the molecule is C/C=C\C(=C/C)c1cccc(-c2nc(-c3cccc(-n4c5ccccc5c5ccc6ccn(-c7ccccc7)c6c54)c3)nc3ccccc23)c1.C=CC.CC. The Bertz CT molecular complexity index is 2830. The fourth-order valence-corrected chi connectivity index (χ4v) is 7.34. The molecule has 270 valence electrons. The standard InChI is InChI=1S/C46H34N4.C3H6.C2H6/c1-3-14-31(4-2)33-15-12-16-34(29-33)43-40-22-8-10-23-41(40)47-46(48-43)35-17-13-20-37(30-35)50-42-24-11-9-21-38(42)39-26-25-32-27-28-49(44(32)45(39)50)36-18-6-5-7-19-36;1-3-2;1-2/h3-30H,1-2H3;3H,1H2,2H3;1-2H3/b14-3-,31-4+;;. The second-order valence-electron chi connectivity index (χ2n) is 13.0. The molecule has 0 fully saturated rings. The second-order valence-corrected chi connectivity index (χ2v) is 13.0. The van der Waals surface area contributed by atoms with Crippen LogP contribution in [0.2, 0.25) is 0 Å². The summed E-state index contributed by atoms with van der Waals surface area (Å²) < 4.78 is 4.71. The van der Waals surface area contributed by atoms with Gasteiger partial charge in [0.25, 0.3) is 0 Å². The summed E-state index contributed by atoms with van der Waals surface area (Å²) in [5.41, 5.74) is 11.9. The number of benzene rings is 6. The van der Waals surface area contributed by atoms with Crippen LogP contribution in [-0.4, -0.2) is 19.1 Å². The van der Waals surface area contributed by atoms with Crippen LogP contribution >= 0.6 is 0 Å². The van der Waals surface area contributed by atoms with Gasteiger partial charge in [-0.15, -0.1) is 6.58 Å². The Balaban J connectivity index is 0.000000889. The summed E-state index contributed by atoms with van der Waals surface area (Å²) in [7, 11) is 0. The molecule has 9 rings (SSSR count). The zero-order chi connectivity index (χ0) is 38.3. The van der Waals surface area contributed by atoms with Crippen molar-refractivity contribution in [1.82, 2.24) is 19.1 Å². The number of fused-ring (bicyclic) bond motifs is 6. The number of para-hydroxylation sites is 3. The van der Waals surface area contributed by atoms with Gasteiger partial charge in [0.05, 0.1) is 27.8 Å². The van der Waals surface area contributed by atoms with Crippen molar-refractivity contribution in [2.45, 2.75) is 34.6 Å². The average molecular weight is 715 g/mol. The molecule has 6 aromatic carbocycles. The van der Waals surface area contributed by atoms with Gasteiger partial charge in [0.15, 0.2) is 5.82 Å². The Labute approximate surface area is 324 Å². The quantitative estimate of drug-likeness (QED) is 0.127. The largest absolute Gasteiger partial charge is 0.315 e. The van der Waals surface area contributed by atoms with Crippen molar-refractivity contribution in [3.8, 4) is 34.0 Å². The summed E-state index contributed by atoms with van der Waals surface area (Å²) in [6, 6.07) is 51.6. The predicted molar refractivity (Wildman–Crippen MR) is 237 cm³/mol. The first-order valence-electron chi connectivity index (χ1n) is 19.1. The Hall–Kier alpha value is -6.78. The third-order valence-corrected chi connectivity index (χ3v) is 9.61. The highest BCUT2D eigenvalue weighted by Gasteiger charge is 2.19. The van der Waals surface area contributed by atoms with Crippen LogP contribution in [0.25, 0.3) is 83.2 Å². The minimum absolute atomic E-state index is 0.698. The van der Waals surface area contributed by atoms with Gasteiger partial charge in [-0.1, -0.05) is 135 Å². The van der Waals surface area contributed by atoms with Crippen LogP contribution < -0.4 is 0 Å². The smallest absolute Gasteiger partial charge is 0.160 e. The summed E-state index contributed by atoms with van der Waals surface area (Å²) in [5, 5.41) is 4.67. The van der Waals surface area contributed by atoms with Gasteiger partial charge in [0.1, 0.15) is 0 Å². The predicted octanol–water partition coefficient (Wildman–Crippen LogP) is 14.2. The van der Waals surface area contributed by atoms with Gasteiger partial charge in [-0.05, 0) is 80.4 Å². The highest BCUT2D eigenvalue weighted by Crippen LogP contribution is 2.39. The van der Waals surface area contributed by atoms with Gasteiger partial charge in [-0.25, -0.2) is 9.97 Å². The van der Waals surface area contributed by atoms with Crippen LogP contribution in [0.4, 0.5) is 0 Å². The fraction of sp³-hybridized carbons (Fsp3) is 0.0980. The van der Waals surface area contributed by atoms with Crippen molar-refractivity contribution >= 4 is 49.2 Å². The van der Waals surface area contributed by atoms with Gasteiger partial charge in [-0.3, -0.25) is 0 Å². The lowest BCUT2D eigenvalue weighted by Gasteiger charge is -2.14. The highest BCUT2D eigenvalue weighted by molar-refractivity contribution is 6.18. The van der Waals surface area contributed by atoms with Crippen molar-refractivity contribution in [1.29, 1.82) is 0 Å². The number of aromatic nitrogens is 4. The van der Waals surface area contributed by atoms with E-state index in [1.54, 1.807) is 6.08 Å². The molecule has 0 atom stereocenters. The Kier molecular flexibility index (Phi) is 11.0. The van der Waals surface area contributed by atoms with E-state index in [4.69, 9.17) is 9.97 Å². The molecule has 4 heteroatoms. The molecule has 0 aliphatic rings. The van der Waals surface area contributed by atoms with Crippen molar-refractivity contribution in [2.24, 2.45) is 0 Å². The van der Waals surface area contributed by atoms with E-state index >= 15 is 0 Å². The van der Waals surface area contributed by atoms with Crippen LogP contribution in [0.5, 0.6) is 0 Å². The van der Waals surface area contributed by atoms with Crippen molar-refractivity contribution in [3.63, 3.8) is 0 Å². The molecule has 0 radical (unpaired) electrons. The highest BCUT2D eigenvalue weighted by atomic mass is 15.0. The summed E-state index contributed by atoms with van der Waals surface area (Å²) in [6.45, 7) is 13.4. The molecule has 0 spiro atoms. The molecule has 0 bridgehead atoms. The Morgan fingerprint density at radius 3 is 2.07 bits per heavy atom. The second kappa shape index (κ2) is 16.5. The van der Waals surface area contributed by atoms with Gasteiger partial charge in [0, 0.05) is 50.2 Å². The third kappa shape index (κ3) is 6.91. The normalized spacial score (nSPS) is 11.5. The first-order chi connectivity index (χ1) is 27.1. The topological polar surface area (TPSA) is 35.6 Å². The first kappa shape index (κ1) is 36.6. The van der Waals surface area contributed by atoms with E-state index in [2.05, 4.69) is 194 Å². The summed E-state index contributed by atoms with van der Waals surface area (Å²) in [6.07, 6.45) is 10.3. The summed E-state index contributed by atoms with van der Waals surface area (Å²) >= 11 is 0. The maximum Gasteiger partial charge on any atom is 0.160 e. The molecule has 0 saturated heterocycles. The lowest BCUT2D eigenvalue weighted by molar-refractivity contribution is 1.11. The van der Waals surface area contributed by atoms with Crippen LogP contribution in [0.1, 0.15) is 40.2 Å². The van der Waals surface area contributed by atoms with E-state index in [0.717, 1.165) is 50.2 Å². The molecule has 55 heavy (non-hydrogen) atoms. The maximum absolute atomic E-state index is 5.29. The van der Waals surface area contributed by atoms with E-state index in [1.165, 1.54) is 32.8 Å². The van der Waals surface area contributed by atoms with E-state index in [1.807, 2.05) is 26.8 Å². The van der Waals surface area contributed by atoms with E-state index in [-0.39, 0.29) is 0 Å². The Morgan fingerprint density at radius 2 is 1.29 bits per heavy atom. The molecule has 3 aromatic heterocycles. The molecule has 9 aromatic rings. The molecule has 3 heterocycles. The maximum atomic E-state index is 5.29. The van der Waals surface area contributed by atoms with Gasteiger partial charge in [-0.2, -0.15) is 0 Å². The van der Waals surface area contributed by atoms with Crippen LogP contribution in [-0.2, 0) is 0 Å². The number of nitrogens with zero attached hydrogens (tertiary/aromatic N) is 4. The van der Waals surface area contributed by atoms with Crippen molar-refractivity contribution in [2.75, 3.05) is 0 Å². The molecule has 0 amide bonds. The minimum Gasteiger partial charge on any atom is -0.315 e. The molecular formula is C51H46N4. The van der Waals surface area contributed by atoms with Gasteiger partial charge < -0.3 is 9.13 Å². The van der Waals surface area contributed by atoms with E-state index < -0.39 is 0 Å². The molecule has 0 saturated carbocycles. The molecular weight excluding hydrogens is 669 g/mol. The molecule has 0 N–H and O–H groups in total. The number of allylic oxidation sites excluding steroid dienone is 5. The van der Waals surface area contributed by atoms with Gasteiger partial charge in [0.2, 0.25) is 0 Å². The van der Waals surface area contributed by atoms with Crippen LogP contribution in [0, 0.1) is 0 Å². The summed E-state index contributed by atoms with van der Waals surface area (Å²) in [5.74, 6) is 0.698. The third-order valence-electron chi connectivity index (χ3n) is 9.61. The van der Waals surface area contributed by atoms with Crippen molar-refractivity contribution < 1.29 is 0 Å². The number of rotatable bonds is 6. The van der Waals surface area contributed by atoms with Crippen LogP contribution in [0.3, 0.4) is 0 Å². The zero-order valence-electron chi connectivity index (χ0n) is 32.2. The number of hydrogen-bond acceptors (Lipinski definition) is 2.